The summed E-state index contributed by atoms with van der Waals surface area (Å²) in [6.45, 7) is 70.9. The van der Waals surface area contributed by atoms with Crippen LogP contribution < -0.4 is 0 Å². The van der Waals surface area contributed by atoms with Crippen LogP contribution in [0.2, 0.25) is 0 Å². The van der Waals surface area contributed by atoms with E-state index in [9.17, 15) is 14.4 Å². The van der Waals surface area contributed by atoms with Gasteiger partial charge in [-0.05, 0) is 298 Å². The van der Waals surface area contributed by atoms with Crippen LogP contribution in [0, 0.1) is 88.8 Å². The molecule has 9 heteroatoms. The van der Waals surface area contributed by atoms with Gasteiger partial charge >= 0.3 is 0 Å². The second-order valence-electron chi connectivity index (χ2n) is 43.5. The van der Waals surface area contributed by atoms with Crippen LogP contribution in [0.3, 0.4) is 0 Å². The van der Waals surface area contributed by atoms with Crippen molar-refractivity contribution in [2.45, 2.75) is 324 Å². The molecule has 14 rings (SSSR count). The van der Waals surface area contributed by atoms with Crippen molar-refractivity contribution in [1.29, 1.82) is 0 Å². The van der Waals surface area contributed by atoms with E-state index in [1.165, 1.54) is 140 Å². The number of hydrogen-bond donors (Lipinski definition) is 1. The number of imidazole rings is 1. The van der Waals surface area contributed by atoms with Crippen LogP contribution in [-0.2, 0) is 101 Å². The van der Waals surface area contributed by atoms with Crippen molar-refractivity contribution in [1.82, 2.24) is 29.2 Å². The molecule has 2 aliphatic carbocycles. The normalized spacial score (nSPS) is 14.4. The predicted molar refractivity (Wildman–Crippen MR) is 546 cm³/mol. The minimum atomic E-state index is 0. The molecule has 2 aromatic heterocycles. The topological polar surface area (TPSA) is 94.5 Å². The van der Waals surface area contributed by atoms with E-state index in [1.54, 1.807) is 16.7 Å². The molecule has 692 valence electrons. The lowest BCUT2D eigenvalue weighted by Crippen LogP contribution is -2.39. The number of allylic oxidation sites excluding steroid dienone is 1. The molecular weight excluding hydrogens is 1540 g/mol. The summed E-state index contributed by atoms with van der Waals surface area (Å²) in [6.07, 6.45) is 21.6. The number of fused-ring (bicyclic) bond motifs is 7. The smallest absolute Gasteiger partial charge is 0.254 e. The summed E-state index contributed by atoms with van der Waals surface area (Å²) < 4.78 is 2.25. The van der Waals surface area contributed by atoms with Crippen molar-refractivity contribution in [3.8, 4) is 0 Å². The maximum atomic E-state index is 12.4. The van der Waals surface area contributed by atoms with Crippen molar-refractivity contribution < 1.29 is 14.4 Å². The Balaban J connectivity index is 0.000000225. The van der Waals surface area contributed by atoms with Gasteiger partial charge in [0.05, 0.1) is 23.8 Å². The van der Waals surface area contributed by atoms with Crippen LogP contribution in [0.4, 0.5) is 0 Å². The van der Waals surface area contributed by atoms with Crippen LogP contribution in [0.1, 0.15) is 332 Å². The fourth-order valence-electron chi connectivity index (χ4n) is 18.0. The highest BCUT2D eigenvalue weighted by molar-refractivity contribution is 5.98. The summed E-state index contributed by atoms with van der Waals surface area (Å²) in [5, 5.41) is 1.36. The number of aromatic nitrogens is 3. The molecule has 5 heterocycles. The molecule has 3 amide bonds. The average molecular weight is 1710 g/mol. The van der Waals surface area contributed by atoms with E-state index in [0.29, 0.717) is 59.7 Å². The molecule has 9 aromatic rings. The molecule has 0 radical (unpaired) electrons. The van der Waals surface area contributed by atoms with E-state index in [4.69, 9.17) is 0 Å². The van der Waals surface area contributed by atoms with Crippen molar-refractivity contribution in [3.63, 3.8) is 0 Å². The second-order valence-corrected chi connectivity index (χ2v) is 43.5. The number of carbonyl (C=O) groups is 3. The Labute approximate surface area is 769 Å². The highest BCUT2D eigenvalue weighted by atomic mass is 16.2. The van der Waals surface area contributed by atoms with Crippen molar-refractivity contribution in [2.75, 3.05) is 26.2 Å². The summed E-state index contributed by atoms with van der Waals surface area (Å²) in [5.41, 5.74) is 28.1. The van der Waals surface area contributed by atoms with E-state index < -0.39 is 0 Å². The number of nitrogens with one attached hydrogen (secondary N) is 1. The number of rotatable bonds is 27. The van der Waals surface area contributed by atoms with Gasteiger partial charge in [0.25, 0.3) is 11.8 Å². The highest BCUT2D eigenvalue weighted by Gasteiger charge is 2.30. The Morgan fingerprint density at radius 3 is 1.33 bits per heavy atom. The van der Waals surface area contributed by atoms with Gasteiger partial charge in [-0.1, -0.05) is 323 Å². The number of H-pyrrole nitrogens is 1. The number of amides is 3. The molecule has 0 saturated carbocycles. The van der Waals surface area contributed by atoms with E-state index in [1.807, 2.05) is 33.2 Å². The summed E-state index contributed by atoms with van der Waals surface area (Å²) in [6, 6.07) is 51.1. The van der Waals surface area contributed by atoms with E-state index >= 15 is 0 Å². The minimum Gasteiger partial charge on any atom is -0.358 e. The lowest BCUT2D eigenvalue weighted by Gasteiger charge is -2.30. The maximum absolute atomic E-state index is 12.4. The van der Waals surface area contributed by atoms with Gasteiger partial charge in [-0.15, -0.1) is 0 Å². The van der Waals surface area contributed by atoms with Gasteiger partial charge in [0.15, 0.2) is 0 Å². The molecule has 0 fully saturated rings. The van der Waals surface area contributed by atoms with Crippen LogP contribution in [-0.4, -0.2) is 73.1 Å². The third kappa shape index (κ3) is 36.3. The fraction of sp³-hybridized carbons (Fsp3) is 0.573. The zero-order chi connectivity index (χ0) is 92.1. The van der Waals surface area contributed by atoms with Crippen molar-refractivity contribution in [3.05, 3.63) is 246 Å². The quantitative estimate of drug-likeness (QED) is 0.0555. The third-order valence-corrected chi connectivity index (χ3v) is 23.4. The number of benzene rings is 7. The zero-order valence-electron chi connectivity index (χ0n) is 84.1. The second kappa shape index (κ2) is 52.4. The SMILES string of the molecule is C.CC(C)CC1=Cc2ccccc2C1.CC(C)Cc1ccc2[nH]c(CC(C)C)cc2c1.CC(C)Cc1ccc2c(c1)CC(=O)N(CC(C)C)C2.CC(C)Cc1ccc2c(c1)CC(CC(C)C)C2.CC(C)Cc1ccc2c(c1)CCN(CC(C)C)C2=O.CC(C)Cc1ccc2c(c1)CN(CC(C)C)C2=O.CC(C)Cc1ccc2c(c1)ncn2CC(C)C.CCC(C)C. The van der Waals surface area contributed by atoms with Crippen LogP contribution >= 0.6 is 0 Å². The van der Waals surface area contributed by atoms with Gasteiger partial charge in [0, 0.05) is 68.2 Å². The number of nitrogens with zero attached hydrogens (tertiary/aromatic N) is 5. The van der Waals surface area contributed by atoms with Gasteiger partial charge in [0.2, 0.25) is 5.91 Å². The van der Waals surface area contributed by atoms with Crippen LogP contribution in [0.25, 0.3) is 28.0 Å². The van der Waals surface area contributed by atoms with Gasteiger partial charge < -0.3 is 24.3 Å². The molecule has 5 aliphatic rings. The first kappa shape index (κ1) is 106. The van der Waals surface area contributed by atoms with E-state index in [-0.39, 0.29) is 25.1 Å². The zero-order valence-corrected chi connectivity index (χ0v) is 84.1. The Bertz CT molecular complexity index is 4770. The third-order valence-electron chi connectivity index (χ3n) is 23.4. The maximum Gasteiger partial charge on any atom is 0.254 e. The lowest BCUT2D eigenvalue weighted by molar-refractivity contribution is -0.132. The summed E-state index contributed by atoms with van der Waals surface area (Å²) in [5.74, 6) is 11.2. The molecule has 9 nitrogen and oxygen atoms in total. The van der Waals surface area contributed by atoms with E-state index in [0.717, 1.165) is 136 Å². The molecule has 0 bridgehead atoms. The first-order chi connectivity index (χ1) is 59.1. The average Bonchev–Trinajstić information content (AvgIpc) is 0.836. The Morgan fingerprint density at radius 2 is 0.810 bits per heavy atom. The molecule has 1 N–H and O–H groups in total. The molecule has 1 unspecified atom stereocenters. The van der Waals surface area contributed by atoms with Crippen LogP contribution in [0.15, 0.2) is 151 Å². The van der Waals surface area contributed by atoms with Gasteiger partial charge in [-0.25, -0.2) is 4.98 Å². The van der Waals surface area contributed by atoms with Gasteiger partial charge in [0.1, 0.15) is 0 Å². The minimum absolute atomic E-state index is 0. The summed E-state index contributed by atoms with van der Waals surface area (Å²) >= 11 is 0. The molecular formula is C117H176N6O3. The molecule has 1 atom stereocenters. The summed E-state index contributed by atoms with van der Waals surface area (Å²) in [7, 11) is 0. The molecule has 3 aliphatic heterocycles. The number of aromatic amines is 1. The lowest BCUT2D eigenvalue weighted by atomic mass is 9.93. The van der Waals surface area contributed by atoms with Crippen molar-refractivity contribution in [2.24, 2.45) is 88.8 Å². The number of carbonyl (C=O) groups excluding carboxylic acids is 3. The highest BCUT2D eigenvalue weighted by Crippen LogP contribution is 2.34. The number of hydrogen-bond acceptors (Lipinski definition) is 4. The molecule has 0 spiro atoms. The summed E-state index contributed by atoms with van der Waals surface area (Å²) in [4.78, 5) is 50.7. The molecule has 126 heavy (non-hydrogen) atoms. The first-order valence-corrected chi connectivity index (χ1v) is 49.2. The molecule has 7 aromatic carbocycles. The van der Waals surface area contributed by atoms with Crippen LogP contribution in [0.5, 0.6) is 0 Å². The van der Waals surface area contributed by atoms with Gasteiger partial charge in [-0.2, -0.15) is 0 Å². The van der Waals surface area contributed by atoms with Gasteiger partial charge in [-0.3, -0.25) is 14.4 Å². The standard InChI is InChI=1S/2C17H25NO.C17H26.C16H23NO.C16H23N.C15H22N2.C13H16.C5H12.CH4/c1-12(2)7-14-5-6-15-11-18(10-13(3)4)17(19)9-16(15)8-14;1-12(2)9-14-5-6-16-15(10-14)7-8-18(17(16)19)11-13(3)4;1-12(2)7-14-5-6-16-10-15(8-13(3)4)11-17(16)9-14;1-11(2)7-13-5-6-15-14(8-13)10-17(16(15)18)9-12(3)4;1-11(2)7-13-5-6-16-14(9-13)10-15(17-16)8-12(3)4;1-11(2)7-13-5-6-15-14(8-13)16-10-17(15)9-12(3)4;1-10(2)7-11-8-12-5-3-4-6-13(12)9-11;1-4-5(2)3;/h5-6,8,12-13H,7,9-11H2,1-4H3;5-6,10,12-13H,7-9,11H2,1-4H3;5-6,9,12-13,15H,7-8,10-11H2,1-4H3;5-6,8,11-12H,7,9-10H2,1-4H3;5-6,9-12,17H,7-8H2,1-4H3;5-6,8,10-12H,7,9H2,1-4H3;3-6,8,10H,7,9H2,1-2H3;5H,4H2,1-3H3;1H4. The van der Waals surface area contributed by atoms with E-state index in [2.05, 4.69) is 349 Å². The predicted octanol–water partition coefficient (Wildman–Crippen LogP) is 29.9. The largest absolute Gasteiger partial charge is 0.358 e. The first-order valence-electron chi connectivity index (χ1n) is 49.2. The Hall–Kier alpha value is -8.30. The Morgan fingerprint density at radius 1 is 0.373 bits per heavy atom. The molecule has 0 saturated heterocycles. The van der Waals surface area contributed by atoms with Crippen molar-refractivity contribution >= 4 is 45.7 Å². The Kier molecular flexibility index (Phi) is 44.3. The fourth-order valence-corrected chi connectivity index (χ4v) is 18.0. The monoisotopic (exact) mass is 1710 g/mol.